The normalized spacial score (nSPS) is 11.6. The van der Waals surface area contributed by atoms with E-state index in [1.54, 1.807) is 0 Å². The molecule has 7 heteroatoms. The number of halogens is 3. The molecule has 0 heterocycles. The maximum Gasteiger partial charge on any atom is 0.182 e. The smallest absolute Gasteiger partial charge is 0.182 e. The molecule has 0 fully saturated rings. The van der Waals surface area contributed by atoms with Gasteiger partial charge in [0.1, 0.15) is 17.5 Å². The highest BCUT2D eigenvalue weighted by molar-refractivity contribution is 7.90. The SMILES string of the molecule is Nc1cc(F)cc(S(=O)(=O)Cc2cc(F)ccc2F)c1. The van der Waals surface area contributed by atoms with Gasteiger partial charge < -0.3 is 5.73 Å². The molecule has 0 unspecified atom stereocenters. The highest BCUT2D eigenvalue weighted by Gasteiger charge is 2.19. The topological polar surface area (TPSA) is 60.2 Å². The van der Waals surface area contributed by atoms with E-state index in [1.807, 2.05) is 0 Å². The van der Waals surface area contributed by atoms with Crippen molar-refractivity contribution in [3.8, 4) is 0 Å². The Hall–Kier alpha value is -2.02. The third-order valence-corrected chi connectivity index (χ3v) is 4.25. The summed E-state index contributed by atoms with van der Waals surface area (Å²) in [5.74, 6) is -3.20. The van der Waals surface area contributed by atoms with Gasteiger partial charge in [0.25, 0.3) is 0 Å². The van der Waals surface area contributed by atoms with E-state index < -0.39 is 33.0 Å². The Balaban J connectivity index is 2.43. The van der Waals surface area contributed by atoms with Crippen molar-refractivity contribution in [3.05, 3.63) is 59.4 Å². The molecule has 0 aliphatic heterocycles. The predicted molar refractivity (Wildman–Crippen MR) is 68.1 cm³/mol. The Morgan fingerprint density at radius 1 is 0.950 bits per heavy atom. The summed E-state index contributed by atoms with van der Waals surface area (Å²) in [4.78, 5) is -0.376. The molecule has 0 saturated carbocycles. The van der Waals surface area contributed by atoms with Crippen LogP contribution in [0.1, 0.15) is 5.56 Å². The molecule has 0 aromatic heterocycles. The molecule has 0 saturated heterocycles. The molecule has 2 aromatic rings. The van der Waals surface area contributed by atoms with E-state index >= 15 is 0 Å². The van der Waals surface area contributed by atoms with E-state index in [-0.39, 0.29) is 16.1 Å². The summed E-state index contributed by atoms with van der Waals surface area (Å²) >= 11 is 0. The highest BCUT2D eigenvalue weighted by Crippen LogP contribution is 2.22. The molecule has 0 spiro atoms. The zero-order chi connectivity index (χ0) is 14.9. The molecule has 2 aromatic carbocycles. The van der Waals surface area contributed by atoms with E-state index in [4.69, 9.17) is 5.73 Å². The van der Waals surface area contributed by atoms with Crippen LogP contribution in [0.15, 0.2) is 41.3 Å². The summed E-state index contributed by atoms with van der Waals surface area (Å²) in [6, 6.07) is 5.31. The van der Waals surface area contributed by atoms with Gasteiger partial charge >= 0.3 is 0 Å². The zero-order valence-electron chi connectivity index (χ0n) is 10.1. The maximum absolute atomic E-state index is 13.4. The first-order valence-corrected chi connectivity index (χ1v) is 7.16. The fourth-order valence-corrected chi connectivity index (χ4v) is 3.11. The van der Waals surface area contributed by atoms with Crippen molar-refractivity contribution in [3.63, 3.8) is 0 Å². The van der Waals surface area contributed by atoms with E-state index in [1.165, 1.54) is 0 Å². The molecule has 106 valence electrons. The molecular formula is C13H10F3NO2S. The number of nitrogen functional groups attached to an aromatic ring is 1. The van der Waals surface area contributed by atoms with Gasteiger partial charge in [-0.25, -0.2) is 21.6 Å². The molecule has 0 amide bonds. The van der Waals surface area contributed by atoms with Crippen molar-refractivity contribution in [2.24, 2.45) is 0 Å². The van der Waals surface area contributed by atoms with Gasteiger partial charge in [-0.15, -0.1) is 0 Å². The second kappa shape index (κ2) is 5.16. The molecule has 0 aliphatic carbocycles. The van der Waals surface area contributed by atoms with Gasteiger partial charge in [0.05, 0.1) is 10.6 Å². The van der Waals surface area contributed by atoms with Gasteiger partial charge in [0, 0.05) is 11.3 Å². The minimum Gasteiger partial charge on any atom is -0.399 e. The average Bonchev–Trinajstić information content (AvgIpc) is 2.32. The van der Waals surface area contributed by atoms with Gasteiger partial charge in [0.15, 0.2) is 9.84 Å². The molecule has 3 nitrogen and oxygen atoms in total. The molecule has 0 bridgehead atoms. The van der Waals surface area contributed by atoms with Gasteiger partial charge in [-0.3, -0.25) is 0 Å². The van der Waals surface area contributed by atoms with Crippen LogP contribution in [0.4, 0.5) is 18.9 Å². The fourth-order valence-electron chi connectivity index (χ4n) is 1.71. The van der Waals surface area contributed by atoms with Crippen molar-refractivity contribution < 1.29 is 21.6 Å². The Morgan fingerprint density at radius 2 is 1.65 bits per heavy atom. The lowest BCUT2D eigenvalue weighted by atomic mass is 10.2. The molecule has 2 rings (SSSR count). The number of hydrogen-bond donors (Lipinski definition) is 1. The van der Waals surface area contributed by atoms with E-state index in [0.717, 1.165) is 36.4 Å². The van der Waals surface area contributed by atoms with Crippen LogP contribution in [0.25, 0.3) is 0 Å². The van der Waals surface area contributed by atoms with Gasteiger partial charge in [-0.1, -0.05) is 0 Å². The quantitative estimate of drug-likeness (QED) is 0.887. The summed E-state index contributed by atoms with van der Waals surface area (Å²) < 4.78 is 63.7. The first-order chi connectivity index (χ1) is 9.28. The summed E-state index contributed by atoms with van der Waals surface area (Å²) in [6.45, 7) is 0. The average molecular weight is 301 g/mol. The zero-order valence-corrected chi connectivity index (χ0v) is 10.9. The van der Waals surface area contributed by atoms with Crippen LogP contribution in [0, 0.1) is 17.5 Å². The van der Waals surface area contributed by atoms with Gasteiger partial charge in [0.2, 0.25) is 0 Å². The lowest BCUT2D eigenvalue weighted by Crippen LogP contribution is -2.08. The highest BCUT2D eigenvalue weighted by atomic mass is 32.2. The Bertz CT molecular complexity index is 740. The number of benzene rings is 2. The third kappa shape index (κ3) is 3.11. The van der Waals surface area contributed by atoms with Crippen molar-refractivity contribution >= 4 is 15.5 Å². The van der Waals surface area contributed by atoms with Gasteiger partial charge in [-0.05, 0) is 36.4 Å². The lowest BCUT2D eigenvalue weighted by molar-refractivity contribution is 0.577. The van der Waals surface area contributed by atoms with E-state index in [0.29, 0.717) is 0 Å². The minimum atomic E-state index is -4.02. The monoisotopic (exact) mass is 301 g/mol. The van der Waals surface area contributed by atoms with Crippen molar-refractivity contribution in [2.75, 3.05) is 5.73 Å². The van der Waals surface area contributed by atoms with Crippen molar-refractivity contribution in [1.82, 2.24) is 0 Å². The molecule has 0 atom stereocenters. The van der Waals surface area contributed by atoms with Crippen LogP contribution in [-0.4, -0.2) is 8.42 Å². The summed E-state index contributed by atoms with van der Waals surface area (Å²) in [6.07, 6.45) is 0. The molecule has 0 radical (unpaired) electrons. The second-order valence-electron chi connectivity index (χ2n) is 4.22. The largest absolute Gasteiger partial charge is 0.399 e. The molecule has 20 heavy (non-hydrogen) atoms. The minimum absolute atomic E-state index is 0.0664. The van der Waals surface area contributed by atoms with Gasteiger partial charge in [-0.2, -0.15) is 0 Å². The van der Waals surface area contributed by atoms with E-state index in [9.17, 15) is 21.6 Å². The van der Waals surface area contributed by atoms with Crippen LogP contribution in [-0.2, 0) is 15.6 Å². The second-order valence-corrected chi connectivity index (χ2v) is 6.20. The number of nitrogens with two attached hydrogens (primary N) is 1. The Kier molecular flexibility index (Phi) is 3.71. The first-order valence-electron chi connectivity index (χ1n) is 5.51. The number of hydrogen-bond acceptors (Lipinski definition) is 3. The number of sulfone groups is 1. The van der Waals surface area contributed by atoms with Crippen LogP contribution < -0.4 is 5.73 Å². The lowest BCUT2D eigenvalue weighted by Gasteiger charge is -2.07. The standard InChI is InChI=1S/C13H10F3NO2S/c14-9-1-2-13(16)8(3-9)7-20(18,19)12-5-10(15)4-11(17)6-12/h1-6H,7,17H2. The van der Waals surface area contributed by atoms with Crippen LogP contribution in [0.3, 0.4) is 0 Å². The Morgan fingerprint density at radius 3 is 2.30 bits per heavy atom. The number of anilines is 1. The summed E-state index contributed by atoms with van der Waals surface area (Å²) in [5, 5.41) is 0. The molecule has 2 N–H and O–H groups in total. The third-order valence-electron chi connectivity index (χ3n) is 2.61. The first kappa shape index (κ1) is 14.4. The van der Waals surface area contributed by atoms with Crippen LogP contribution in [0.2, 0.25) is 0 Å². The predicted octanol–water partition coefficient (Wildman–Crippen LogP) is 2.66. The summed E-state index contributed by atoms with van der Waals surface area (Å²) in [5.41, 5.74) is 4.97. The maximum atomic E-state index is 13.4. The Labute approximate surface area is 113 Å². The molecule has 0 aliphatic rings. The fraction of sp³-hybridized carbons (Fsp3) is 0.0769. The van der Waals surface area contributed by atoms with Crippen LogP contribution >= 0.6 is 0 Å². The summed E-state index contributed by atoms with van der Waals surface area (Å²) in [7, 11) is -4.02. The van der Waals surface area contributed by atoms with Crippen molar-refractivity contribution in [1.29, 1.82) is 0 Å². The molecular weight excluding hydrogens is 291 g/mol. The number of rotatable bonds is 3. The van der Waals surface area contributed by atoms with E-state index in [2.05, 4.69) is 0 Å². The van der Waals surface area contributed by atoms with Crippen LogP contribution in [0.5, 0.6) is 0 Å². The van der Waals surface area contributed by atoms with Crippen molar-refractivity contribution in [2.45, 2.75) is 10.6 Å².